The Hall–Kier alpha value is -3.39. The van der Waals surface area contributed by atoms with Gasteiger partial charge in [0.1, 0.15) is 5.69 Å². The maximum atomic E-state index is 12.7. The second kappa shape index (κ2) is 11.1. The number of benzene rings is 1. The SMILES string of the molecule is CCCCCN(Cc1ccc(C(=O)Nc2ccccc2N)nc1)C(=O)Nc1ccsc1. The summed E-state index contributed by atoms with van der Waals surface area (Å²) in [4.78, 5) is 31.3. The van der Waals surface area contributed by atoms with E-state index >= 15 is 0 Å². The highest BCUT2D eigenvalue weighted by Gasteiger charge is 2.15. The molecule has 0 atom stereocenters. The van der Waals surface area contributed by atoms with Crippen molar-refractivity contribution in [1.29, 1.82) is 0 Å². The van der Waals surface area contributed by atoms with E-state index in [1.807, 2.05) is 22.9 Å². The fourth-order valence-corrected chi connectivity index (χ4v) is 3.60. The first-order chi connectivity index (χ1) is 15.1. The molecule has 0 bridgehead atoms. The Morgan fingerprint density at radius 3 is 2.61 bits per heavy atom. The van der Waals surface area contributed by atoms with Crippen LogP contribution in [-0.2, 0) is 6.54 Å². The van der Waals surface area contributed by atoms with Crippen molar-refractivity contribution in [3.63, 3.8) is 0 Å². The van der Waals surface area contributed by atoms with E-state index in [-0.39, 0.29) is 17.6 Å². The Morgan fingerprint density at radius 1 is 1.10 bits per heavy atom. The third-order valence-electron chi connectivity index (χ3n) is 4.73. The first-order valence-corrected chi connectivity index (χ1v) is 11.2. The van der Waals surface area contributed by atoms with Gasteiger partial charge in [-0.25, -0.2) is 4.79 Å². The molecule has 3 amide bonds. The lowest BCUT2D eigenvalue weighted by Gasteiger charge is -2.23. The van der Waals surface area contributed by atoms with E-state index in [1.54, 1.807) is 41.4 Å². The number of thiophene rings is 1. The second-order valence-corrected chi connectivity index (χ2v) is 7.94. The zero-order valence-corrected chi connectivity index (χ0v) is 18.3. The molecule has 8 heteroatoms. The zero-order valence-electron chi connectivity index (χ0n) is 17.5. The Kier molecular flexibility index (Phi) is 8.00. The predicted octanol–water partition coefficient (Wildman–Crippen LogP) is 5.20. The number of urea groups is 1. The van der Waals surface area contributed by atoms with Crippen LogP contribution in [0.1, 0.15) is 42.2 Å². The summed E-state index contributed by atoms with van der Waals surface area (Å²) in [5, 5.41) is 9.52. The molecule has 0 radical (unpaired) electrons. The molecule has 3 aromatic rings. The van der Waals surface area contributed by atoms with Gasteiger partial charge in [0.15, 0.2) is 0 Å². The third kappa shape index (κ3) is 6.55. The molecule has 2 heterocycles. The van der Waals surface area contributed by atoms with E-state index < -0.39 is 0 Å². The Bertz CT molecular complexity index is 989. The van der Waals surface area contributed by atoms with Gasteiger partial charge in [-0.05, 0) is 41.6 Å². The van der Waals surface area contributed by atoms with Gasteiger partial charge in [-0.15, -0.1) is 0 Å². The van der Waals surface area contributed by atoms with Crippen molar-refractivity contribution in [2.24, 2.45) is 0 Å². The van der Waals surface area contributed by atoms with Gasteiger partial charge in [-0.3, -0.25) is 9.78 Å². The molecule has 0 unspecified atom stereocenters. The number of nitrogen functional groups attached to an aromatic ring is 1. The standard InChI is InChI=1S/C23H27N5O2S/c1-2-3-6-12-28(23(30)26-18-11-13-31-16-18)15-17-9-10-21(25-14-17)22(29)27-20-8-5-4-7-19(20)24/h4-5,7-11,13-14,16H,2-3,6,12,15,24H2,1H3,(H,26,30)(H,27,29). The van der Waals surface area contributed by atoms with Crippen LogP contribution in [0, 0.1) is 0 Å². The average molecular weight is 438 g/mol. The van der Waals surface area contributed by atoms with Crippen molar-refractivity contribution in [3.8, 4) is 0 Å². The van der Waals surface area contributed by atoms with Crippen molar-refractivity contribution < 1.29 is 9.59 Å². The van der Waals surface area contributed by atoms with Crippen LogP contribution in [0.4, 0.5) is 21.9 Å². The van der Waals surface area contributed by atoms with Gasteiger partial charge in [0.25, 0.3) is 5.91 Å². The minimum absolute atomic E-state index is 0.143. The number of unbranched alkanes of at least 4 members (excludes halogenated alkanes) is 2. The molecule has 0 saturated carbocycles. The van der Waals surface area contributed by atoms with Crippen molar-refractivity contribution >= 4 is 40.3 Å². The highest BCUT2D eigenvalue weighted by molar-refractivity contribution is 7.08. The van der Waals surface area contributed by atoms with E-state index in [0.29, 0.717) is 24.5 Å². The molecule has 0 saturated heterocycles. The number of rotatable bonds is 9. The molecular formula is C23H27N5O2S. The fraction of sp³-hybridized carbons (Fsp3) is 0.261. The minimum Gasteiger partial charge on any atom is -0.397 e. The number of nitrogens with zero attached hydrogens (tertiary/aromatic N) is 2. The van der Waals surface area contributed by atoms with Gasteiger partial charge < -0.3 is 21.3 Å². The number of nitrogens with two attached hydrogens (primary N) is 1. The number of carbonyl (C=O) groups is 2. The van der Waals surface area contributed by atoms with Gasteiger partial charge in [-0.2, -0.15) is 11.3 Å². The molecule has 0 fully saturated rings. The van der Waals surface area contributed by atoms with Crippen LogP contribution in [-0.4, -0.2) is 28.4 Å². The van der Waals surface area contributed by atoms with E-state index in [1.165, 1.54) is 11.3 Å². The van der Waals surface area contributed by atoms with E-state index in [4.69, 9.17) is 5.73 Å². The van der Waals surface area contributed by atoms with E-state index in [2.05, 4.69) is 22.5 Å². The Balaban J connectivity index is 1.64. The monoisotopic (exact) mass is 437 g/mol. The number of para-hydroxylation sites is 2. The highest BCUT2D eigenvalue weighted by Crippen LogP contribution is 2.18. The molecule has 0 spiro atoms. The quantitative estimate of drug-likeness (QED) is 0.316. The number of pyridine rings is 1. The summed E-state index contributed by atoms with van der Waals surface area (Å²) in [6.07, 6.45) is 4.70. The molecular weight excluding hydrogens is 410 g/mol. The molecule has 4 N–H and O–H groups in total. The van der Waals surface area contributed by atoms with Crippen molar-refractivity contribution in [3.05, 3.63) is 70.7 Å². The molecule has 1 aromatic carbocycles. The predicted molar refractivity (Wildman–Crippen MR) is 126 cm³/mol. The van der Waals surface area contributed by atoms with Crippen LogP contribution < -0.4 is 16.4 Å². The molecule has 0 aliphatic rings. The van der Waals surface area contributed by atoms with Gasteiger partial charge >= 0.3 is 6.03 Å². The summed E-state index contributed by atoms with van der Waals surface area (Å²) >= 11 is 1.54. The first-order valence-electron chi connectivity index (χ1n) is 10.3. The van der Waals surface area contributed by atoms with Crippen LogP contribution in [0.15, 0.2) is 59.4 Å². The number of carbonyl (C=O) groups excluding carboxylic acids is 2. The fourth-order valence-electron chi connectivity index (χ4n) is 3.01. The molecule has 162 valence electrons. The normalized spacial score (nSPS) is 10.5. The van der Waals surface area contributed by atoms with Gasteiger partial charge in [0, 0.05) is 24.7 Å². The lowest BCUT2D eigenvalue weighted by molar-refractivity contribution is 0.102. The largest absolute Gasteiger partial charge is 0.397 e. The number of hydrogen-bond acceptors (Lipinski definition) is 5. The van der Waals surface area contributed by atoms with Crippen LogP contribution in [0.3, 0.4) is 0 Å². The average Bonchev–Trinajstić information content (AvgIpc) is 3.28. The number of anilines is 3. The number of aromatic nitrogens is 1. The molecule has 2 aromatic heterocycles. The smallest absolute Gasteiger partial charge is 0.322 e. The Labute approximate surface area is 186 Å². The van der Waals surface area contributed by atoms with Gasteiger partial charge in [0.05, 0.1) is 17.1 Å². The number of hydrogen-bond donors (Lipinski definition) is 3. The van der Waals surface area contributed by atoms with E-state index in [0.717, 1.165) is 30.5 Å². The summed E-state index contributed by atoms with van der Waals surface area (Å²) in [5.74, 6) is -0.334. The third-order valence-corrected chi connectivity index (χ3v) is 5.41. The molecule has 3 rings (SSSR count). The molecule has 7 nitrogen and oxygen atoms in total. The Morgan fingerprint density at radius 2 is 1.94 bits per heavy atom. The summed E-state index contributed by atoms with van der Waals surface area (Å²) < 4.78 is 0. The summed E-state index contributed by atoms with van der Waals surface area (Å²) in [6.45, 7) is 3.20. The molecule has 31 heavy (non-hydrogen) atoms. The van der Waals surface area contributed by atoms with Crippen LogP contribution in [0.2, 0.25) is 0 Å². The maximum absolute atomic E-state index is 12.7. The maximum Gasteiger partial charge on any atom is 0.322 e. The molecule has 0 aliphatic carbocycles. The second-order valence-electron chi connectivity index (χ2n) is 7.16. The summed E-state index contributed by atoms with van der Waals surface area (Å²) in [7, 11) is 0. The minimum atomic E-state index is -0.334. The van der Waals surface area contributed by atoms with Crippen LogP contribution in [0.5, 0.6) is 0 Å². The topological polar surface area (TPSA) is 100 Å². The lowest BCUT2D eigenvalue weighted by Crippen LogP contribution is -2.35. The summed E-state index contributed by atoms with van der Waals surface area (Å²) in [6, 6.07) is 12.3. The van der Waals surface area contributed by atoms with Crippen molar-refractivity contribution in [2.45, 2.75) is 32.7 Å². The van der Waals surface area contributed by atoms with E-state index in [9.17, 15) is 9.59 Å². The number of nitrogens with one attached hydrogen (secondary N) is 2. The highest BCUT2D eigenvalue weighted by atomic mass is 32.1. The lowest BCUT2D eigenvalue weighted by atomic mass is 10.2. The van der Waals surface area contributed by atoms with Crippen molar-refractivity contribution in [1.82, 2.24) is 9.88 Å². The summed E-state index contributed by atoms with van der Waals surface area (Å²) in [5.41, 5.74) is 8.85. The van der Waals surface area contributed by atoms with Gasteiger partial charge in [0.2, 0.25) is 0 Å². The van der Waals surface area contributed by atoms with Gasteiger partial charge in [-0.1, -0.05) is 38.0 Å². The molecule has 0 aliphatic heterocycles. The first kappa shape index (κ1) is 22.3. The number of amides is 3. The van der Waals surface area contributed by atoms with Crippen LogP contribution >= 0.6 is 11.3 Å². The van der Waals surface area contributed by atoms with Crippen molar-refractivity contribution in [2.75, 3.05) is 22.9 Å². The zero-order chi connectivity index (χ0) is 22.1. The van der Waals surface area contributed by atoms with Crippen LogP contribution in [0.25, 0.3) is 0 Å².